The largest absolute Gasteiger partial charge is 0.462 e. The molecule has 2 aliphatic heterocycles. The number of carbonyl (C=O) groups is 2. The number of hydrogen-bond donors (Lipinski definition) is 0. The van der Waals surface area contributed by atoms with Crippen LogP contribution in [0.15, 0.2) is 35.4 Å². The highest BCUT2D eigenvalue weighted by molar-refractivity contribution is 6.33. The summed E-state index contributed by atoms with van der Waals surface area (Å²) in [6.45, 7) is 6.39. The van der Waals surface area contributed by atoms with Crippen LogP contribution in [0.5, 0.6) is 0 Å². The van der Waals surface area contributed by atoms with E-state index in [1.807, 2.05) is 30.9 Å². The second-order valence-corrected chi connectivity index (χ2v) is 9.53. The Morgan fingerprint density at radius 3 is 2.56 bits per heavy atom. The van der Waals surface area contributed by atoms with Crippen molar-refractivity contribution in [3.63, 3.8) is 0 Å². The van der Waals surface area contributed by atoms with E-state index in [4.69, 9.17) is 21.3 Å². The number of benzene rings is 1. The number of carbonyl (C=O) groups excluding carboxylic acids is 2. The molecule has 0 aliphatic carbocycles. The molecule has 0 atom stereocenters. The molecular formula is C28H37ClN2O3. The van der Waals surface area contributed by atoms with Gasteiger partial charge in [0.25, 0.3) is 0 Å². The van der Waals surface area contributed by atoms with E-state index < -0.39 is 0 Å². The van der Waals surface area contributed by atoms with Gasteiger partial charge in [0.1, 0.15) is 0 Å². The number of fused-ring (bicyclic) bond motifs is 1. The molecule has 0 spiro atoms. The molecule has 5 nitrogen and oxygen atoms in total. The highest BCUT2D eigenvalue weighted by Crippen LogP contribution is 2.29. The van der Waals surface area contributed by atoms with E-state index >= 15 is 0 Å². The van der Waals surface area contributed by atoms with Crippen molar-refractivity contribution in [2.24, 2.45) is 4.99 Å². The molecule has 6 heteroatoms. The van der Waals surface area contributed by atoms with Gasteiger partial charge in [-0.05, 0) is 81.6 Å². The monoisotopic (exact) mass is 484 g/mol. The second-order valence-electron chi connectivity index (χ2n) is 9.15. The molecule has 0 radical (unpaired) electrons. The Morgan fingerprint density at radius 1 is 1.03 bits per heavy atom. The number of ether oxygens (including phenoxy) is 1. The first-order chi connectivity index (χ1) is 16.5. The number of aliphatic imine (C=N–C) groups is 1. The van der Waals surface area contributed by atoms with Gasteiger partial charge in [-0.15, -0.1) is 0 Å². The maximum atomic E-state index is 13.0. The quantitative estimate of drug-likeness (QED) is 0.380. The van der Waals surface area contributed by atoms with Gasteiger partial charge in [-0.1, -0.05) is 35.9 Å². The lowest BCUT2D eigenvalue weighted by Gasteiger charge is -2.26. The van der Waals surface area contributed by atoms with Gasteiger partial charge >= 0.3 is 5.97 Å². The minimum Gasteiger partial charge on any atom is -0.462 e. The zero-order chi connectivity index (χ0) is 24.3. The lowest BCUT2D eigenvalue weighted by Crippen LogP contribution is -2.35. The van der Waals surface area contributed by atoms with Crippen LogP contribution >= 0.6 is 11.6 Å². The lowest BCUT2D eigenvalue weighted by molar-refractivity contribution is -0.131. The molecule has 1 amide bonds. The summed E-state index contributed by atoms with van der Waals surface area (Å²) in [7, 11) is 0. The van der Waals surface area contributed by atoms with Crippen LogP contribution in [0.1, 0.15) is 78.4 Å². The van der Waals surface area contributed by atoms with Crippen LogP contribution in [0, 0.1) is 13.8 Å². The maximum Gasteiger partial charge on any atom is 0.338 e. The Labute approximate surface area is 208 Å². The fourth-order valence-electron chi connectivity index (χ4n) is 4.53. The normalized spacial score (nSPS) is 21.2. The van der Waals surface area contributed by atoms with Gasteiger partial charge in [0.2, 0.25) is 5.91 Å². The van der Waals surface area contributed by atoms with Crippen molar-refractivity contribution < 1.29 is 14.3 Å². The van der Waals surface area contributed by atoms with E-state index in [0.29, 0.717) is 36.6 Å². The minimum atomic E-state index is -0.336. The van der Waals surface area contributed by atoms with E-state index in [1.165, 1.54) is 6.42 Å². The number of piperidine rings is 1. The average Bonchev–Trinajstić information content (AvgIpc) is 2.83. The van der Waals surface area contributed by atoms with Gasteiger partial charge in [-0.3, -0.25) is 9.79 Å². The number of amides is 1. The number of esters is 1. The summed E-state index contributed by atoms with van der Waals surface area (Å²) in [5.41, 5.74) is 3.90. The number of aryl methyl sites for hydroxylation is 2. The van der Waals surface area contributed by atoms with Gasteiger partial charge in [0.15, 0.2) is 0 Å². The fourth-order valence-corrected chi connectivity index (χ4v) is 4.74. The van der Waals surface area contributed by atoms with Crippen LogP contribution in [0.4, 0.5) is 0 Å². The van der Waals surface area contributed by atoms with Crippen LogP contribution in [0.3, 0.4) is 0 Å². The Kier molecular flexibility index (Phi) is 10.4. The van der Waals surface area contributed by atoms with Crippen molar-refractivity contribution >= 4 is 29.2 Å². The highest BCUT2D eigenvalue weighted by Gasteiger charge is 2.22. The summed E-state index contributed by atoms with van der Waals surface area (Å²) in [6, 6.07) is 1.93. The topological polar surface area (TPSA) is 59.0 Å². The Balaban J connectivity index is 1.86. The van der Waals surface area contributed by atoms with Crippen molar-refractivity contribution in [1.29, 1.82) is 0 Å². The van der Waals surface area contributed by atoms with E-state index in [-0.39, 0.29) is 11.9 Å². The molecule has 0 aromatic heterocycles. The number of rotatable bonds is 3. The number of hydrogen-bond acceptors (Lipinski definition) is 4. The first-order valence-corrected chi connectivity index (χ1v) is 12.9. The number of halogens is 1. The minimum absolute atomic E-state index is 0.170. The molecular weight excluding hydrogens is 448 g/mol. The standard InChI is InChI=1S/C28H37ClN2O3/c1-21-19-22(2)27(29)24-20-23(30-15-14-25(32)31-16-10-8-11-17-31)13-9-6-4-3-5-7-12-18-34-28(33)26(21)24/h3,5,9,13,19H,4,6-8,10-12,14-18,20H2,1-2H3/b5-3+,13-9+,30-23?. The molecule has 1 aromatic rings. The Morgan fingerprint density at radius 2 is 1.76 bits per heavy atom. The third-order valence-corrected chi connectivity index (χ3v) is 6.90. The summed E-state index contributed by atoms with van der Waals surface area (Å²) in [5.74, 6) is -0.166. The van der Waals surface area contributed by atoms with Crippen LogP contribution in [-0.4, -0.2) is 48.7 Å². The molecule has 1 saturated heterocycles. The molecule has 184 valence electrons. The molecule has 0 N–H and O–H groups in total. The number of likely N-dealkylation sites (tertiary alicyclic amines) is 1. The van der Waals surface area contributed by atoms with Gasteiger partial charge in [-0.25, -0.2) is 4.79 Å². The molecule has 2 aliphatic rings. The third kappa shape index (κ3) is 7.56. The van der Waals surface area contributed by atoms with E-state index in [0.717, 1.165) is 74.0 Å². The summed E-state index contributed by atoms with van der Waals surface area (Å²) >= 11 is 6.72. The Bertz CT molecular complexity index is 959. The smallest absolute Gasteiger partial charge is 0.338 e. The predicted molar refractivity (Wildman–Crippen MR) is 139 cm³/mol. The van der Waals surface area contributed by atoms with Crippen LogP contribution < -0.4 is 0 Å². The molecule has 2 heterocycles. The Hall–Kier alpha value is -2.40. The van der Waals surface area contributed by atoms with Crippen molar-refractivity contribution in [1.82, 2.24) is 4.90 Å². The summed E-state index contributed by atoms with van der Waals surface area (Å²) in [6.07, 6.45) is 16.2. The number of cyclic esters (lactones) is 1. The van der Waals surface area contributed by atoms with E-state index in [2.05, 4.69) is 18.2 Å². The van der Waals surface area contributed by atoms with E-state index in [9.17, 15) is 9.59 Å². The molecule has 0 unspecified atom stereocenters. The van der Waals surface area contributed by atoms with Gasteiger partial charge in [0, 0.05) is 43.2 Å². The van der Waals surface area contributed by atoms with Crippen molar-refractivity contribution in [3.8, 4) is 0 Å². The molecule has 34 heavy (non-hydrogen) atoms. The van der Waals surface area contributed by atoms with Gasteiger partial charge < -0.3 is 9.64 Å². The molecule has 0 saturated carbocycles. The first-order valence-electron chi connectivity index (χ1n) is 12.6. The van der Waals surface area contributed by atoms with Gasteiger partial charge in [0.05, 0.1) is 12.2 Å². The van der Waals surface area contributed by atoms with E-state index in [1.54, 1.807) is 0 Å². The zero-order valence-electron chi connectivity index (χ0n) is 20.6. The van der Waals surface area contributed by atoms with Crippen LogP contribution in [0.25, 0.3) is 0 Å². The first kappa shape index (κ1) is 26.2. The van der Waals surface area contributed by atoms with Crippen LogP contribution in [0.2, 0.25) is 5.02 Å². The van der Waals surface area contributed by atoms with Crippen LogP contribution in [-0.2, 0) is 16.0 Å². The lowest BCUT2D eigenvalue weighted by atomic mass is 9.94. The summed E-state index contributed by atoms with van der Waals surface area (Å²) < 4.78 is 5.60. The number of allylic oxidation sites excluding steroid dienone is 4. The van der Waals surface area contributed by atoms with Crippen molar-refractivity contribution in [2.75, 3.05) is 26.2 Å². The third-order valence-electron chi connectivity index (χ3n) is 6.38. The average molecular weight is 485 g/mol. The molecule has 1 fully saturated rings. The zero-order valence-corrected chi connectivity index (χ0v) is 21.3. The fraction of sp³-hybridized carbons (Fsp3) is 0.536. The molecule has 1 aromatic carbocycles. The second kappa shape index (κ2) is 13.5. The molecule has 3 rings (SSSR count). The highest BCUT2D eigenvalue weighted by atomic mass is 35.5. The van der Waals surface area contributed by atoms with Crippen molar-refractivity contribution in [3.05, 3.63) is 57.6 Å². The molecule has 0 bridgehead atoms. The van der Waals surface area contributed by atoms with Crippen molar-refractivity contribution in [2.45, 2.75) is 71.6 Å². The summed E-state index contributed by atoms with van der Waals surface area (Å²) in [4.78, 5) is 32.3. The number of nitrogens with zero attached hydrogens (tertiary/aromatic N) is 2. The maximum absolute atomic E-state index is 13.0. The van der Waals surface area contributed by atoms with Gasteiger partial charge in [-0.2, -0.15) is 0 Å². The predicted octanol–water partition coefficient (Wildman–Crippen LogP) is 6.19. The SMILES string of the molecule is Cc1cc(C)c2c(c1Cl)CC(=NCCC(=O)N1CCCCC1)/C=C/CC/C=C/CCCOC2=O. The summed E-state index contributed by atoms with van der Waals surface area (Å²) in [5, 5.41) is 0.578.